The molecule has 0 bridgehead atoms. The van der Waals surface area contributed by atoms with Gasteiger partial charge in [0.25, 0.3) is 0 Å². The number of nitrogens with one attached hydrogen (secondary N) is 1. The highest BCUT2D eigenvalue weighted by Gasteiger charge is 2.18. The van der Waals surface area contributed by atoms with Crippen LogP contribution in [0.5, 0.6) is 0 Å². The number of hydrogen-bond donors (Lipinski definition) is 3. The molecule has 1 aromatic rings. The lowest BCUT2D eigenvalue weighted by atomic mass is 10.1. The van der Waals surface area contributed by atoms with Crippen molar-refractivity contribution in [2.45, 2.75) is 18.7 Å². The van der Waals surface area contributed by atoms with Crippen molar-refractivity contribution in [1.29, 1.82) is 0 Å². The average Bonchev–Trinajstić information content (AvgIpc) is 2.20. The molecule has 0 heterocycles. The number of nitrogens with two attached hydrogens (primary N) is 2. The van der Waals surface area contributed by atoms with Gasteiger partial charge in [-0.1, -0.05) is 0 Å². The Morgan fingerprint density at radius 1 is 1.29 bits per heavy atom. The molecule has 0 aliphatic carbocycles. The van der Waals surface area contributed by atoms with Gasteiger partial charge < -0.3 is 11.5 Å². The van der Waals surface area contributed by atoms with Crippen molar-refractivity contribution < 1.29 is 13.2 Å². The predicted molar refractivity (Wildman–Crippen MR) is 64.7 cm³/mol. The number of carbonyl (C=O) groups excluding carboxylic acids is 1. The summed E-state index contributed by atoms with van der Waals surface area (Å²) in [6, 6.07) is 3.04. The van der Waals surface area contributed by atoms with E-state index in [0.29, 0.717) is 0 Å². The third kappa shape index (κ3) is 3.18. The van der Waals surface area contributed by atoms with Crippen LogP contribution in [0, 0.1) is 13.8 Å². The molecule has 0 saturated carbocycles. The second-order valence-electron chi connectivity index (χ2n) is 3.77. The van der Waals surface area contributed by atoms with Gasteiger partial charge in [0, 0.05) is 0 Å². The van der Waals surface area contributed by atoms with Crippen LogP contribution in [0.1, 0.15) is 11.1 Å². The molecular weight excluding hydrogens is 242 g/mol. The molecule has 0 aromatic heterocycles. The number of carbonyl (C=O) groups is 1. The highest BCUT2D eigenvalue weighted by molar-refractivity contribution is 7.89. The number of nitrogen functional groups attached to an aromatic ring is 1. The summed E-state index contributed by atoms with van der Waals surface area (Å²) in [4.78, 5) is 10.5. The SMILES string of the molecule is Cc1cc(N)c(S(=O)(=O)NCC(N)=O)cc1C. The number of anilines is 1. The Hall–Kier alpha value is -1.60. The van der Waals surface area contributed by atoms with Crippen LogP contribution >= 0.6 is 0 Å². The van der Waals surface area contributed by atoms with Gasteiger partial charge in [-0.2, -0.15) is 0 Å². The first-order valence-electron chi connectivity index (χ1n) is 4.88. The number of rotatable bonds is 4. The molecular formula is C10H15N3O3S. The van der Waals surface area contributed by atoms with Gasteiger partial charge in [0.05, 0.1) is 12.2 Å². The Morgan fingerprint density at radius 2 is 1.82 bits per heavy atom. The van der Waals surface area contributed by atoms with Crippen LogP contribution in [0.15, 0.2) is 17.0 Å². The van der Waals surface area contributed by atoms with E-state index < -0.39 is 22.5 Å². The maximum absolute atomic E-state index is 11.8. The second kappa shape index (κ2) is 4.72. The van der Waals surface area contributed by atoms with E-state index >= 15 is 0 Å². The third-order valence-corrected chi connectivity index (χ3v) is 3.81. The molecule has 1 amide bonds. The number of aryl methyl sites for hydroxylation is 2. The highest BCUT2D eigenvalue weighted by atomic mass is 32.2. The van der Waals surface area contributed by atoms with Gasteiger partial charge in [-0.15, -0.1) is 0 Å². The van der Waals surface area contributed by atoms with Gasteiger partial charge in [-0.3, -0.25) is 4.79 Å². The van der Waals surface area contributed by atoms with Crippen molar-refractivity contribution in [3.63, 3.8) is 0 Å². The Bertz CT molecular complexity index is 552. The van der Waals surface area contributed by atoms with Crippen molar-refractivity contribution in [3.05, 3.63) is 23.3 Å². The number of amides is 1. The van der Waals surface area contributed by atoms with Crippen LogP contribution in [0.2, 0.25) is 0 Å². The summed E-state index contributed by atoms with van der Waals surface area (Å²) < 4.78 is 25.7. The quantitative estimate of drug-likeness (QED) is 0.639. The van der Waals surface area contributed by atoms with E-state index in [4.69, 9.17) is 11.5 Å². The monoisotopic (exact) mass is 257 g/mol. The van der Waals surface area contributed by atoms with Crippen LogP contribution < -0.4 is 16.2 Å². The van der Waals surface area contributed by atoms with Crippen LogP contribution in [-0.2, 0) is 14.8 Å². The van der Waals surface area contributed by atoms with Gasteiger partial charge in [0.1, 0.15) is 4.90 Å². The Balaban J connectivity index is 3.15. The summed E-state index contributed by atoms with van der Waals surface area (Å²) in [7, 11) is -3.80. The zero-order valence-corrected chi connectivity index (χ0v) is 10.5. The van der Waals surface area contributed by atoms with Crippen LogP contribution in [-0.4, -0.2) is 20.9 Å². The summed E-state index contributed by atoms with van der Waals surface area (Å²) in [6.07, 6.45) is 0. The van der Waals surface area contributed by atoms with E-state index in [9.17, 15) is 13.2 Å². The smallest absolute Gasteiger partial charge is 0.243 e. The molecule has 5 N–H and O–H groups in total. The minimum Gasteiger partial charge on any atom is -0.398 e. The molecule has 7 heteroatoms. The first-order chi connectivity index (χ1) is 7.74. The zero-order chi connectivity index (χ0) is 13.2. The topological polar surface area (TPSA) is 115 Å². The predicted octanol–water partition coefficient (Wildman–Crippen LogP) is -0.351. The van der Waals surface area contributed by atoms with Gasteiger partial charge in [0.2, 0.25) is 15.9 Å². The van der Waals surface area contributed by atoms with Gasteiger partial charge in [-0.25, -0.2) is 13.1 Å². The van der Waals surface area contributed by atoms with Crippen molar-refractivity contribution in [2.75, 3.05) is 12.3 Å². The first-order valence-corrected chi connectivity index (χ1v) is 6.37. The van der Waals surface area contributed by atoms with E-state index in [1.54, 1.807) is 13.0 Å². The van der Waals surface area contributed by atoms with Crippen molar-refractivity contribution in [1.82, 2.24) is 4.72 Å². The lowest BCUT2D eigenvalue weighted by molar-refractivity contribution is -0.116. The molecule has 0 fully saturated rings. The maximum atomic E-state index is 11.8. The van der Waals surface area contributed by atoms with Gasteiger partial charge in [-0.05, 0) is 37.1 Å². The van der Waals surface area contributed by atoms with Gasteiger partial charge >= 0.3 is 0 Å². The maximum Gasteiger partial charge on any atom is 0.243 e. The van der Waals surface area contributed by atoms with E-state index in [2.05, 4.69) is 4.72 Å². The fraction of sp³-hybridized carbons (Fsp3) is 0.300. The number of primary amides is 1. The standard InChI is InChI=1S/C10H15N3O3S/c1-6-3-8(11)9(4-7(6)2)17(15,16)13-5-10(12)14/h3-4,13H,5,11H2,1-2H3,(H2,12,14). The lowest BCUT2D eigenvalue weighted by Gasteiger charge is -2.10. The van der Waals surface area contributed by atoms with Gasteiger partial charge in [0.15, 0.2) is 0 Å². The van der Waals surface area contributed by atoms with E-state index in [-0.39, 0.29) is 10.6 Å². The van der Waals surface area contributed by atoms with Crippen LogP contribution in [0.25, 0.3) is 0 Å². The minimum absolute atomic E-state index is 0.0400. The Kier molecular flexibility index (Phi) is 3.74. The molecule has 0 atom stereocenters. The third-order valence-electron chi connectivity index (χ3n) is 2.35. The molecule has 1 aromatic carbocycles. The summed E-state index contributed by atoms with van der Waals surface area (Å²) in [5.74, 6) is -0.754. The number of hydrogen-bond acceptors (Lipinski definition) is 4. The lowest BCUT2D eigenvalue weighted by Crippen LogP contribution is -2.33. The first kappa shape index (κ1) is 13.5. The zero-order valence-electron chi connectivity index (χ0n) is 9.65. The Morgan fingerprint density at radius 3 is 2.35 bits per heavy atom. The molecule has 0 saturated heterocycles. The summed E-state index contributed by atoms with van der Waals surface area (Å²) >= 11 is 0. The molecule has 0 aliphatic heterocycles. The van der Waals surface area contributed by atoms with Crippen LogP contribution in [0.3, 0.4) is 0 Å². The largest absolute Gasteiger partial charge is 0.398 e. The molecule has 6 nitrogen and oxygen atoms in total. The molecule has 94 valence electrons. The molecule has 0 unspecified atom stereocenters. The summed E-state index contributed by atoms with van der Waals surface area (Å²) in [5, 5.41) is 0. The molecule has 0 aliphatic rings. The average molecular weight is 257 g/mol. The minimum atomic E-state index is -3.80. The molecule has 0 radical (unpaired) electrons. The van der Waals surface area contributed by atoms with Crippen molar-refractivity contribution >= 4 is 21.6 Å². The van der Waals surface area contributed by atoms with E-state index in [1.165, 1.54) is 6.07 Å². The Labute approximate surface area is 100 Å². The van der Waals surface area contributed by atoms with Crippen molar-refractivity contribution in [3.8, 4) is 0 Å². The fourth-order valence-corrected chi connectivity index (χ4v) is 2.48. The number of benzene rings is 1. The fourth-order valence-electron chi connectivity index (χ4n) is 1.29. The normalized spacial score (nSPS) is 11.4. The van der Waals surface area contributed by atoms with Crippen molar-refractivity contribution in [2.24, 2.45) is 5.73 Å². The molecule has 1 rings (SSSR count). The molecule has 17 heavy (non-hydrogen) atoms. The highest BCUT2D eigenvalue weighted by Crippen LogP contribution is 2.22. The van der Waals surface area contributed by atoms with E-state index in [1.807, 2.05) is 6.92 Å². The molecule has 0 spiro atoms. The second-order valence-corrected chi connectivity index (χ2v) is 5.50. The summed E-state index contributed by atoms with van der Waals surface area (Å²) in [6.45, 7) is 3.16. The number of sulfonamides is 1. The van der Waals surface area contributed by atoms with Crippen LogP contribution in [0.4, 0.5) is 5.69 Å². The summed E-state index contributed by atoms with van der Waals surface area (Å²) in [5.41, 5.74) is 12.4. The van der Waals surface area contributed by atoms with E-state index in [0.717, 1.165) is 11.1 Å².